The van der Waals surface area contributed by atoms with E-state index in [1.54, 1.807) is 6.07 Å². The lowest BCUT2D eigenvalue weighted by atomic mass is 9.93. The minimum atomic E-state index is -0.570. The van der Waals surface area contributed by atoms with Crippen molar-refractivity contribution in [2.75, 3.05) is 23.3 Å². The molecule has 2 aromatic heterocycles. The minimum absolute atomic E-state index is 0.0707. The normalized spacial score (nSPS) is 18.6. The second kappa shape index (κ2) is 8.90. The summed E-state index contributed by atoms with van der Waals surface area (Å²) in [5, 5.41) is 5.82. The fraction of sp³-hybridized carbons (Fsp3) is 0.500. The smallest absolute Gasteiger partial charge is 0.260 e. The fourth-order valence-electron chi connectivity index (χ4n) is 4.07. The number of hydrogen-bond acceptors (Lipinski definition) is 5. The highest BCUT2D eigenvalue weighted by Crippen LogP contribution is 2.53. The molecule has 0 aromatic carbocycles. The Balaban J connectivity index is 1.53. The first-order chi connectivity index (χ1) is 15.2. The van der Waals surface area contributed by atoms with Crippen molar-refractivity contribution in [3.63, 3.8) is 0 Å². The van der Waals surface area contributed by atoms with Crippen LogP contribution in [0.4, 0.5) is 16.0 Å². The van der Waals surface area contributed by atoms with Crippen LogP contribution in [-0.2, 0) is 0 Å². The maximum absolute atomic E-state index is 14.0. The monoisotopic (exact) mass is 457 g/mol. The average molecular weight is 458 g/mol. The Morgan fingerprint density at radius 3 is 2.47 bits per heavy atom. The first kappa shape index (κ1) is 22.9. The third-order valence-electron chi connectivity index (χ3n) is 6.01. The first-order valence-corrected chi connectivity index (χ1v) is 12.5. The molecule has 1 amide bonds. The van der Waals surface area contributed by atoms with Gasteiger partial charge in [0.15, 0.2) is 0 Å². The van der Waals surface area contributed by atoms with Crippen LogP contribution in [0.3, 0.4) is 0 Å². The van der Waals surface area contributed by atoms with Gasteiger partial charge in [-0.2, -0.15) is 4.39 Å². The summed E-state index contributed by atoms with van der Waals surface area (Å²) in [6.45, 7) is 9.93. The summed E-state index contributed by atoms with van der Waals surface area (Å²) in [5.41, 5.74) is 0.795. The van der Waals surface area contributed by atoms with E-state index in [1.165, 1.54) is 25.0 Å². The van der Waals surface area contributed by atoms with Gasteiger partial charge < -0.3 is 10.2 Å². The van der Waals surface area contributed by atoms with E-state index in [-0.39, 0.29) is 22.1 Å². The number of anilines is 2. The maximum atomic E-state index is 14.0. The average Bonchev–Trinajstić information content (AvgIpc) is 3.50. The fourth-order valence-corrected chi connectivity index (χ4v) is 5.61. The quantitative estimate of drug-likeness (QED) is 0.488. The number of halogens is 1. The zero-order chi connectivity index (χ0) is 22.9. The molecular weight excluding hydrogens is 425 g/mol. The van der Waals surface area contributed by atoms with E-state index in [9.17, 15) is 9.18 Å². The van der Waals surface area contributed by atoms with Gasteiger partial charge in [-0.05, 0) is 88.4 Å². The van der Waals surface area contributed by atoms with E-state index in [2.05, 4.69) is 46.1 Å². The third-order valence-corrected chi connectivity index (χ3v) is 7.99. The van der Waals surface area contributed by atoms with E-state index in [0.29, 0.717) is 22.6 Å². The molecule has 172 valence electrons. The topological polar surface area (TPSA) is 70.2 Å². The molecule has 6 nitrogen and oxygen atoms in total. The number of nitrogens with one attached hydrogen (secondary N) is 2. The Morgan fingerprint density at radius 2 is 1.84 bits per heavy atom. The standard InChI is InChI=1S/C24H32FN5OS/c1-5-32(29-23(2,3)4)20-8-6-7-19(27-20)28-22(31)17-9-10-18(25)26-21(17)30-15-13-24(11-12-24)14-16-30/h5-10,29H,11-16H2,1-4H3,(H,27,28,31). The molecule has 0 radical (unpaired) electrons. The molecule has 2 fully saturated rings. The van der Waals surface area contributed by atoms with Gasteiger partial charge in [0, 0.05) is 18.6 Å². The van der Waals surface area contributed by atoms with Gasteiger partial charge in [-0.3, -0.25) is 9.52 Å². The minimum Gasteiger partial charge on any atom is -0.356 e. The summed E-state index contributed by atoms with van der Waals surface area (Å²) in [7, 11) is -0.354. The van der Waals surface area contributed by atoms with E-state index < -0.39 is 5.95 Å². The maximum Gasteiger partial charge on any atom is 0.260 e. The predicted molar refractivity (Wildman–Crippen MR) is 130 cm³/mol. The van der Waals surface area contributed by atoms with Crippen molar-refractivity contribution in [3.8, 4) is 0 Å². The molecule has 3 heterocycles. The number of aromatic nitrogens is 2. The Labute approximate surface area is 192 Å². The van der Waals surface area contributed by atoms with Gasteiger partial charge in [0.05, 0.1) is 5.56 Å². The Bertz CT molecular complexity index is 1030. The summed E-state index contributed by atoms with van der Waals surface area (Å²) in [6, 6.07) is 8.36. The molecule has 1 aliphatic carbocycles. The highest BCUT2D eigenvalue weighted by Gasteiger charge is 2.44. The van der Waals surface area contributed by atoms with Crippen LogP contribution in [0.2, 0.25) is 0 Å². The van der Waals surface area contributed by atoms with Crippen molar-refractivity contribution < 1.29 is 9.18 Å². The number of nitrogens with zero attached hydrogens (tertiary/aromatic N) is 3. The van der Waals surface area contributed by atoms with E-state index >= 15 is 0 Å². The molecule has 1 saturated heterocycles. The number of piperidine rings is 1. The number of amides is 1. The lowest BCUT2D eigenvalue weighted by Gasteiger charge is -2.33. The van der Waals surface area contributed by atoms with Crippen molar-refractivity contribution in [3.05, 3.63) is 41.8 Å². The molecule has 2 aromatic rings. The number of carbonyl (C=O) groups is 1. The Kier molecular flexibility index (Phi) is 6.36. The predicted octanol–water partition coefficient (Wildman–Crippen LogP) is 5.00. The third kappa shape index (κ3) is 5.35. The summed E-state index contributed by atoms with van der Waals surface area (Å²) >= 11 is 0. The molecule has 4 rings (SSSR count). The molecule has 2 aliphatic rings. The molecule has 1 aliphatic heterocycles. The van der Waals surface area contributed by atoms with Crippen molar-refractivity contribution >= 4 is 33.6 Å². The number of carbonyl (C=O) groups excluding carboxylic acids is 1. The van der Waals surface area contributed by atoms with Crippen LogP contribution >= 0.6 is 10.7 Å². The van der Waals surface area contributed by atoms with Crippen LogP contribution in [0.15, 0.2) is 35.4 Å². The molecule has 1 saturated carbocycles. The van der Waals surface area contributed by atoms with Gasteiger partial charge in [0.2, 0.25) is 5.95 Å². The molecule has 32 heavy (non-hydrogen) atoms. The van der Waals surface area contributed by atoms with Crippen LogP contribution in [-0.4, -0.2) is 39.9 Å². The lowest BCUT2D eigenvalue weighted by molar-refractivity contribution is 0.102. The Hall–Kier alpha value is -2.32. The molecule has 2 N–H and O–H groups in total. The zero-order valence-corrected chi connectivity index (χ0v) is 20.1. The van der Waals surface area contributed by atoms with Gasteiger partial charge in [-0.1, -0.05) is 16.7 Å². The molecule has 1 spiro atoms. The van der Waals surface area contributed by atoms with Gasteiger partial charge in [0.25, 0.3) is 5.91 Å². The molecule has 1 atom stereocenters. The van der Waals surface area contributed by atoms with Gasteiger partial charge in [-0.15, -0.1) is 0 Å². The van der Waals surface area contributed by atoms with Crippen LogP contribution in [0.5, 0.6) is 0 Å². The summed E-state index contributed by atoms with van der Waals surface area (Å²) < 4.78 is 17.5. The largest absolute Gasteiger partial charge is 0.356 e. The zero-order valence-electron chi connectivity index (χ0n) is 19.2. The van der Waals surface area contributed by atoms with Crippen LogP contribution in [0.1, 0.15) is 63.7 Å². The Morgan fingerprint density at radius 1 is 1.12 bits per heavy atom. The van der Waals surface area contributed by atoms with Gasteiger partial charge in [-0.25, -0.2) is 9.97 Å². The SMILES string of the molecule is C/C=S(\NC(C)(C)C)c1cccc(NC(=O)c2ccc(F)nc2N2CCC3(CC2)CC3)n1. The van der Waals surface area contributed by atoms with Crippen molar-refractivity contribution in [2.24, 2.45) is 5.41 Å². The summed E-state index contributed by atoms with van der Waals surface area (Å²) in [5.74, 6) is -0.00855. The van der Waals surface area contributed by atoms with E-state index in [1.807, 2.05) is 24.0 Å². The number of hydrogen-bond donors (Lipinski definition) is 2. The van der Waals surface area contributed by atoms with Crippen molar-refractivity contribution in [1.29, 1.82) is 0 Å². The summed E-state index contributed by atoms with van der Waals surface area (Å²) in [6.07, 6.45) is 4.72. The highest BCUT2D eigenvalue weighted by atomic mass is 32.2. The van der Waals surface area contributed by atoms with Crippen LogP contribution in [0, 0.1) is 11.4 Å². The van der Waals surface area contributed by atoms with E-state index in [0.717, 1.165) is 31.0 Å². The van der Waals surface area contributed by atoms with Gasteiger partial charge >= 0.3 is 0 Å². The van der Waals surface area contributed by atoms with Crippen molar-refractivity contribution in [1.82, 2.24) is 14.7 Å². The second-order valence-corrected chi connectivity index (χ2v) is 11.5. The molecular formula is C24H32FN5OS. The van der Waals surface area contributed by atoms with E-state index in [4.69, 9.17) is 0 Å². The molecule has 8 heteroatoms. The van der Waals surface area contributed by atoms with Crippen LogP contribution in [0.25, 0.3) is 0 Å². The molecule has 1 unspecified atom stereocenters. The number of rotatable bonds is 5. The van der Waals surface area contributed by atoms with Gasteiger partial charge in [0.1, 0.15) is 16.7 Å². The highest BCUT2D eigenvalue weighted by molar-refractivity contribution is 8.13. The van der Waals surface area contributed by atoms with Crippen molar-refractivity contribution in [2.45, 2.75) is 63.9 Å². The second-order valence-electron chi connectivity index (χ2n) is 9.73. The molecule has 0 bridgehead atoms. The first-order valence-electron chi connectivity index (χ1n) is 11.2. The summed E-state index contributed by atoms with van der Waals surface area (Å²) in [4.78, 5) is 23.9. The number of pyridine rings is 2. The lowest BCUT2D eigenvalue weighted by Crippen LogP contribution is -2.36. The van der Waals surface area contributed by atoms with Crippen LogP contribution < -0.4 is 14.9 Å².